The number of aryl methyl sites for hydroxylation is 1. The fourth-order valence-corrected chi connectivity index (χ4v) is 2.88. The van der Waals surface area contributed by atoms with E-state index in [-0.39, 0.29) is 12.5 Å². The number of nitrogens with zero attached hydrogens (tertiary/aromatic N) is 4. The number of hydrogen-bond donors (Lipinski definition) is 1. The van der Waals surface area contributed by atoms with Crippen LogP contribution in [0.1, 0.15) is 5.69 Å². The molecule has 4 rings (SSSR count). The van der Waals surface area contributed by atoms with Crippen LogP contribution in [0.5, 0.6) is 0 Å². The molecule has 0 unspecified atom stereocenters. The zero-order valence-electron chi connectivity index (χ0n) is 14.6. The summed E-state index contributed by atoms with van der Waals surface area (Å²) >= 11 is 0. The number of amides is 1. The Morgan fingerprint density at radius 3 is 2.89 bits per heavy atom. The number of carbonyl (C=O) groups is 1. The summed E-state index contributed by atoms with van der Waals surface area (Å²) in [5.74, 6) is -0.835. The molecule has 4 aromatic rings. The van der Waals surface area contributed by atoms with E-state index >= 15 is 0 Å². The van der Waals surface area contributed by atoms with Gasteiger partial charge in [0.25, 0.3) is 0 Å². The molecule has 0 bridgehead atoms. The standard InChI is InChI=1S/C19H17N5O3/c1-23-14(9-15(22-23)13-5-4-8-20-10-13)11-21-18(25)12-24-16-6-2-3-7-17(16)27-19(24)26/h2-10H,11-12H2,1H3,(H,21,25). The molecular formula is C19H17N5O3. The number of benzene rings is 1. The first-order valence-electron chi connectivity index (χ1n) is 8.40. The van der Waals surface area contributed by atoms with E-state index in [1.54, 1.807) is 41.3 Å². The molecule has 0 spiro atoms. The molecule has 0 atom stereocenters. The van der Waals surface area contributed by atoms with Crippen LogP contribution in [0.2, 0.25) is 0 Å². The van der Waals surface area contributed by atoms with Crippen LogP contribution in [0.3, 0.4) is 0 Å². The molecule has 1 aromatic carbocycles. The lowest BCUT2D eigenvalue weighted by Gasteiger charge is -2.06. The maximum Gasteiger partial charge on any atom is 0.420 e. The maximum atomic E-state index is 12.3. The SMILES string of the molecule is Cn1nc(-c2cccnc2)cc1CNC(=O)Cn1c(=O)oc2ccccc21. The molecule has 0 aliphatic heterocycles. The lowest BCUT2D eigenvalue weighted by molar-refractivity contribution is -0.121. The summed E-state index contributed by atoms with van der Waals surface area (Å²) in [5.41, 5.74) is 3.58. The normalized spacial score (nSPS) is 11.0. The average Bonchev–Trinajstić information content (AvgIpc) is 3.21. The van der Waals surface area contributed by atoms with Crippen molar-refractivity contribution in [2.75, 3.05) is 0 Å². The van der Waals surface area contributed by atoms with Gasteiger partial charge in [-0.25, -0.2) is 4.79 Å². The molecule has 0 saturated carbocycles. The zero-order chi connectivity index (χ0) is 18.8. The summed E-state index contributed by atoms with van der Waals surface area (Å²) in [6.07, 6.45) is 3.44. The van der Waals surface area contributed by atoms with Crippen LogP contribution in [0.4, 0.5) is 0 Å². The highest BCUT2D eigenvalue weighted by molar-refractivity contribution is 5.79. The van der Waals surface area contributed by atoms with Gasteiger partial charge in [0, 0.05) is 25.0 Å². The minimum absolute atomic E-state index is 0.108. The van der Waals surface area contributed by atoms with Crippen LogP contribution in [0.15, 0.2) is 64.1 Å². The Hall–Kier alpha value is -3.68. The molecule has 0 aliphatic rings. The van der Waals surface area contributed by atoms with E-state index in [0.29, 0.717) is 17.6 Å². The predicted octanol–water partition coefficient (Wildman–Crippen LogP) is 1.71. The van der Waals surface area contributed by atoms with Crippen molar-refractivity contribution in [3.8, 4) is 11.3 Å². The fraction of sp³-hybridized carbons (Fsp3) is 0.158. The van der Waals surface area contributed by atoms with E-state index in [1.165, 1.54) is 4.57 Å². The molecule has 8 heteroatoms. The van der Waals surface area contributed by atoms with Crippen molar-refractivity contribution in [3.63, 3.8) is 0 Å². The van der Waals surface area contributed by atoms with Gasteiger partial charge in [-0.05, 0) is 30.3 Å². The quantitative estimate of drug-likeness (QED) is 0.582. The van der Waals surface area contributed by atoms with Crippen molar-refractivity contribution >= 4 is 17.0 Å². The van der Waals surface area contributed by atoms with Crippen molar-refractivity contribution in [2.24, 2.45) is 7.05 Å². The Morgan fingerprint density at radius 2 is 2.07 bits per heavy atom. The molecule has 3 heterocycles. The number of aromatic nitrogens is 4. The molecular weight excluding hydrogens is 346 g/mol. The highest BCUT2D eigenvalue weighted by Gasteiger charge is 2.13. The van der Waals surface area contributed by atoms with Gasteiger partial charge in [0.05, 0.1) is 23.4 Å². The molecule has 136 valence electrons. The molecule has 27 heavy (non-hydrogen) atoms. The van der Waals surface area contributed by atoms with Crippen molar-refractivity contribution in [1.29, 1.82) is 0 Å². The second kappa shape index (κ2) is 6.91. The molecule has 0 aliphatic carbocycles. The highest BCUT2D eigenvalue weighted by Crippen LogP contribution is 2.17. The molecule has 8 nitrogen and oxygen atoms in total. The lowest BCUT2D eigenvalue weighted by atomic mass is 10.2. The number of oxazole rings is 1. The van der Waals surface area contributed by atoms with E-state index in [9.17, 15) is 9.59 Å². The van der Waals surface area contributed by atoms with Crippen LogP contribution < -0.4 is 11.1 Å². The molecule has 1 N–H and O–H groups in total. The number of rotatable bonds is 5. The number of fused-ring (bicyclic) bond motifs is 1. The first-order chi connectivity index (χ1) is 13.1. The number of pyridine rings is 1. The third kappa shape index (κ3) is 3.37. The van der Waals surface area contributed by atoms with Crippen LogP contribution >= 0.6 is 0 Å². The van der Waals surface area contributed by atoms with Crippen molar-refractivity contribution < 1.29 is 9.21 Å². The first-order valence-corrected chi connectivity index (χ1v) is 8.40. The summed E-state index contributed by atoms with van der Waals surface area (Å²) in [7, 11) is 1.81. The second-order valence-electron chi connectivity index (χ2n) is 6.08. The van der Waals surface area contributed by atoms with Crippen LogP contribution in [0, 0.1) is 0 Å². The summed E-state index contributed by atoms with van der Waals surface area (Å²) < 4.78 is 8.17. The lowest BCUT2D eigenvalue weighted by Crippen LogP contribution is -2.30. The summed E-state index contributed by atoms with van der Waals surface area (Å²) in [6.45, 7) is 0.191. The number of carbonyl (C=O) groups excluding carboxylic acids is 1. The molecule has 1 amide bonds. The molecule has 0 saturated heterocycles. The van der Waals surface area contributed by atoms with E-state index in [1.807, 2.05) is 25.2 Å². The Morgan fingerprint density at radius 1 is 1.22 bits per heavy atom. The van der Waals surface area contributed by atoms with E-state index in [2.05, 4.69) is 15.4 Å². The summed E-state index contributed by atoms with van der Waals surface area (Å²) in [6, 6.07) is 12.7. The predicted molar refractivity (Wildman–Crippen MR) is 98.8 cm³/mol. The fourth-order valence-electron chi connectivity index (χ4n) is 2.88. The monoisotopic (exact) mass is 363 g/mol. The summed E-state index contributed by atoms with van der Waals surface area (Å²) in [4.78, 5) is 28.4. The molecule has 0 radical (unpaired) electrons. The topological polar surface area (TPSA) is 95.0 Å². The minimum Gasteiger partial charge on any atom is -0.408 e. The van der Waals surface area contributed by atoms with Gasteiger partial charge >= 0.3 is 5.76 Å². The van der Waals surface area contributed by atoms with Crippen LogP contribution in [-0.2, 0) is 24.9 Å². The van der Waals surface area contributed by atoms with E-state index in [0.717, 1.165) is 17.0 Å². The van der Waals surface area contributed by atoms with Gasteiger partial charge in [-0.1, -0.05) is 12.1 Å². The smallest absolute Gasteiger partial charge is 0.408 e. The van der Waals surface area contributed by atoms with Crippen molar-refractivity contribution in [1.82, 2.24) is 24.6 Å². The number of hydrogen-bond acceptors (Lipinski definition) is 5. The van der Waals surface area contributed by atoms with E-state index in [4.69, 9.17) is 4.42 Å². The maximum absolute atomic E-state index is 12.3. The third-order valence-corrected chi connectivity index (χ3v) is 4.28. The van der Waals surface area contributed by atoms with Gasteiger partial charge < -0.3 is 9.73 Å². The zero-order valence-corrected chi connectivity index (χ0v) is 14.6. The summed E-state index contributed by atoms with van der Waals surface area (Å²) in [5, 5.41) is 7.26. The molecule has 3 aromatic heterocycles. The van der Waals surface area contributed by atoms with Gasteiger partial charge in [-0.3, -0.25) is 19.0 Å². The van der Waals surface area contributed by atoms with Crippen LogP contribution in [0.25, 0.3) is 22.4 Å². The largest absolute Gasteiger partial charge is 0.420 e. The van der Waals surface area contributed by atoms with E-state index < -0.39 is 5.76 Å². The first kappa shape index (κ1) is 16.8. The number of nitrogens with one attached hydrogen (secondary N) is 1. The van der Waals surface area contributed by atoms with Gasteiger partial charge in [-0.2, -0.15) is 5.10 Å². The minimum atomic E-state index is -0.550. The Balaban J connectivity index is 1.46. The Bertz CT molecular complexity index is 1160. The van der Waals surface area contributed by atoms with Gasteiger partial charge in [0.2, 0.25) is 5.91 Å². The van der Waals surface area contributed by atoms with Gasteiger partial charge in [0.1, 0.15) is 6.54 Å². The highest BCUT2D eigenvalue weighted by atomic mass is 16.4. The second-order valence-corrected chi connectivity index (χ2v) is 6.08. The Kier molecular flexibility index (Phi) is 4.29. The Labute approximate surface area is 154 Å². The molecule has 0 fully saturated rings. The van der Waals surface area contributed by atoms with Crippen molar-refractivity contribution in [3.05, 3.63) is 71.1 Å². The van der Waals surface area contributed by atoms with Crippen molar-refractivity contribution in [2.45, 2.75) is 13.1 Å². The van der Waals surface area contributed by atoms with Crippen LogP contribution in [-0.4, -0.2) is 25.2 Å². The average molecular weight is 363 g/mol. The third-order valence-electron chi connectivity index (χ3n) is 4.28. The number of para-hydroxylation sites is 2. The van der Waals surface area contributed by atoms with Gasteiger partial charge in [-0.15, -0.1) is 0 Å². The van der Waals surface area contributed by atoms with Gasteiger partial charge in [0.15, 0.2) is 5.58 Å².